The summed E-state index contributed by atoms with van der Waals surface area (Å²) in [4.78, 5) is 28.2. The maximum absolute atomic E-state index is 12.5. The van der Waals surface area contributed by atoms with Gasteiger partial charge in [0.2, 0.25) is 11.9 Å². The van der Waals surface area contributed by atoms with Gasteiger partial charge >= 0.3 is 0 Å². The zero-order chi connectivity index (χ0) is 16.9. The maximum atomic E-state index is 12.5. The molecule has 6 heteroatoms. The van der Waals surface area contributed by atoms with Crippen molar-refractivity contribution in [2.24, 2.45) is 0 Å². The lowest BCUT2D eigenvalue weighted by Crippen LogP contribution is -2.50. The molecule has 0 N–H and O–H groups in total. The van der Waals surface area contributed by atoms with Crippen molar-refractivity contribution in [2.75, 3.05) is 50.7 Å². The zero-order valence-electron chi connectivity index (χ0n) is 15.0. The number of rotatable bonds is 3. The quantitative estimate of drug-likeness (QED) is 0.842. The molecule has 2 aliphatic heterocycles. The molecule has 0 atom stereocenters. The van der Waals surface area contributed by atoms with Crippen molar-refractivity contribution >= 4 is 11.9 Å². The van der Waals surface area contributed by atoms with Crippen LogP contribution in [0.25, 0.3) is 0 Å². The molecule has 24 heavy (non-hydrogen) atoms. The molecule has 3 heterocycles. The van der Waals surface area contributed by atoms with Crippen LogP contribution in [-0.4, -0.2) is 71.5 Å². The van der Waals surface area contributed by atoms with E-state index in [9.17, 15) is 4.79 Å². The summed E-state index contributed by atoms with van der Waals surface area (Å²) in [5, 5.41) is 0. The first-order valence-electron chi connectivity index (χ1n) is 9.19. The van der Waals surface area contributed by atoms with Gasteiger partial charge in [0.05, 0.1) is 6.54 Å². The van der Waals surface area contributed by atoms with E-state index in [-0.39, 0.29) is 0 Å². The van der Waals surface area contributed by atoms with Crippen LogP contribution in [0.15, 0.2) is 6.07 Å². The molecule has 0 aliphatic carbocycles. The molecule has 0 saturated carbocycles. The molecule has 0 unspecified atom stereocenters. The predicted octanol–water partition coefficient (Wildman–Crippen LogP) is 1.62. The van der Waals surface area contributed by atoms with E-state index in [0.717, 1.165) is 69.4 Å². The van der Waals surface area contributed by atoms with E-state index in [1.54, 1.807) is 0 Å². The van der Waals surface area contributed by atoms with Crippen molar-refractivity contribution in [1.29, 1.82) is 0 Å². The third kappa shape index (κ3) is 4.44. The Kier molecular flexibility index (Phi) is 5.66. The molecule has 2 aliphatic rings. The lowest BCUT2D eigenvalue weighted by Gasteiger charge is -2.35. The molecule has 1 aromatic heterocycles. The summed E-state index contributed by atoms with van der Waals surface area (Å²) >= 11 is 0. The van der Waals surface area contributed by atoms with E-state index in [1.807, 2.05) is 19.9 Å². The largest absolute Gasteiger partial charge is 0.342 e. The third-order valence-corrected chi connectivity index (χ3v) is 4.94. The summed E-state index contributed by atoms with van der Waals surface area (Å²) < 4.78 is 0. The summed E-state index contributed by atoms with van der Waals surface area (Å²) in [5.41, 5.74) is 2.02. The van der Waals surface area contributed by atoms with Crippen LogP contribution >= 0.6 is 0 Å². The molecule has 2 fully saturated rings. The van der Waals surface area contributed by atoms with Gasteiger partial charge in [0, 0.05) is 50.7 Å². The van der Waals surface area contributed by atoms with E-state index in [2.05, 4.69) is 24.7 Å². The monoisotopic (exact) mass is 331 g/mol. The molecule has 0 aromatic carbocycles. The van der Waals surface area contributed by atoms with Gasteiger partial charge < -0.3 is 9.80 Å². The zero-order valence-corrected chi connectivity index (χ0v) is 15.0. The Morgan fingerprint density at radius 1 is 0.917 bits per heavy atom. The molecule has 0 radical (unpaired) electrons. The first kappa shape index (κ1) is 17.1. The highest BCUT2D eigenvalue weighted by Crippen LogP contribution is 2.14. The average molecular weight is 331 g/mol. The normalized spacial score (nSPS) is 20.1. The summed E-state index contributed by atoms with van der Waals surface area (Å²) in [6, 6.07) is 2.00. The number of piperazine rings is 1. The van der Waals surface area contributed by atoms with Crippen molar-refractivity contribution in [3.63, 3.8) is 0 Å². The van der Waals surface area contributed by atoms with Gasteiger partial charge in [-0.25, -0.2) is 9.97 Å². The number of carbonyl (C=O) groups is 1. The van der Waals surface area contributed by atoms with Crippen molar-refractivity contribution in [1.82, 2.24) is 19.8 Å². The van der Waals surface area contributed by atoms with Crippen molar-refractivity contribution in [3.05, 3.63) is 17.5 Å². The Hall–Kier alpha value is -1.69. The lowest BCUT2D eigenvalue weighted by atomic mass is 10.2. The summed E-state index contributed by atoms with van der Waals surface area (Å²) in [6.07, 6.45) is 4.84. The van der Waals surface area contributed by atoms with E-state index in [1.165, 1.54) is 12.8 Å². The Labute approximate surface area is 144 Å². The second-order valence-corrected chi connectivity index (χ2v) is 7.01. The highest BCUT2D eigenvalue weighted by atomic mass is 16.2. The van der Waals surface area contributed by atoms with Crippen LogP contribution in [-0.2, 0) is 4.79 Å². The number of hydrogen-bond donors (Lipinski definition) is 0. The maximum Gasteiger partial charge on any atom is 0.236 e. The molecular formula is C18H29N5O. The molecule has 0 spiro atoms. The third-order valence-electron chi connectivity index (χ3n) is 4.94. The molecule has 0 bridgehead atoms. The number of likely N-dealkylation sites (tertiary alicyclic amines) is 1. The number of hydrogen-bond acceptors (Lipinski definition) is 5. The fourth-order valence-corrected chi connectivity index (χ4v) is 3.57. The first-order chi connectivity index (χ1) is 11.6. The SMILES string of the molecule is Cc1cc(C)nc(N2CCN(CC(=O)N3CCCCCC3)CC2)n1. The number of amides is 1. The Bertz CT molecular complexity index is 540. The Morgan fingerprint density at radius 2 is 1.50 bits per heavy atom. The highest BCUT2D eigenvalue weighted by molar-refractivity contribution is 5.78. The van der Waals surface area contributed by atoms with Gasteiger partial charge in [-0.3, -0.25) is 9.69 Å². The van der Waals surface area contributed by atoms with Crippen LogP contribution in [0.2, 0.25) is 0 Å². The summed E-state index contributed by atoms with van der Waals surface area (Å²) in [6.45, 7) is 10.0. The highest BCUT2D eigenvalue weighted by Gasteiger charge is 2.23. The molecular weight excluding hydrogens is 302 g/mol. The van der Waals surface area contributed by atoms with Crippen molar-refractivity contribution < 1.29 is 4.79 Å². The van der Waals surface area contributed by atoms with Crippen LogP contribution < -0.4 is 4.90 Å². The van der Waals surface area contributed by atoms with E-state index in [4.69, 9.17) is 0 Å². The average Bonchev–Trinajstić information content (AvgIpc) is 2.84. The second-order valence-electron chi connectivity index (χ2n) is 7.01. The van der Waals surface area contributed by atoms with Gasteiger partial charge in [0.1, 0.15) is 0 Å². The number of carbonyl (C=O) groups excluding carboxylic acids is 1. The summed E-state index contributed by atoms with van der Waals surface area (Å²) in [5.74, 6) is 1.12. The molecule has 132 valence electrons. The van der Waals surface area contributed by atoms with Gasteiger partial charge in [-0.15, -0.1) is 0 Å². The fraction of sp³-hybridized carbons (Fsp3) is 0.722. The predicted molar refractivity (Wildman–Crippen MR) is 95.2 cm³/mol. The minimum absolute atomic E-state index is 0.299. The molecule has 1 aromatic rings. The van der Waals surface area contributed by atoms with E-state index < -0.39 is 0 Å². The van der Waals surface area contributed by atoms with Crippen LogP contribution in [0.3, 0.4) is 0 Å². The van der Waals surface area contributed by atoms with Crippen LogP contribution in [0.1, 0.15) is 37.1 Å². The fourth-order valence-electron chi connectivity index (χ4n) is 3.57. The Morgan fingerprint density at radius 3 is 2.08 bits per heavy atom. The first-order valence-corrected chi connectivity index (χ1v) is 9.19. The van der Waals surface area contributed by atoms with Gasteiger partial charge in [-0.2, -0.15) is 0 Å². The smallest absolute Gasteiger partial charge is 0.236 e. The van der Waals surface area contributed by atoms with Crippen molar-refractivity contribution in [2.45, 2.75) is 39.5 Å². The number of aromatic nitrogens is 2. The number of aryl methyl sites for hydroxylation is 2. The Balaban J connectivity index is 1.50. The molecule has 6 nitrogen and oxygen atoms in total. The lowest BCUT2D eigenvalue weighted by molar-refractivity contribution is -0.132. The van der Waals surface area contributed by atoms with E-state index in [0.29, 0.717) is 12.5 Å². The van der Waals surface area contributed by atoms with Gasteiger partial charge in [-0.1, -0.05) is 12.8 Å². The van der Waals surface area contributed by atoms with Crippen LogP contribution in [0.5, 0.6) is 0 Å². The van der Waals surface area contributed by atoms with Crippen LogP contribution in [0, 0.1) is 13.8 Å². The van der Waals surface area contributed by atoms with Gasteiger partial charge in [0.25, 0.3) is 0 Å². The minimum atomic E-state index is 0.299. The standard InChI is InChI=1S/C18H29N5O/c1-15-13-16(2)20-18(19-15)23-11-9-21(10-12-23)14-17(24)22-7-5-3-4-6-8-22/h13H,3-12,14H2,1-2H3. The van der Waals surface area contributed by atoms with Gasteiger partial charge in [0.15, 0.2) is 0 Å². The number of nitrogens with zero attached hydrogens (tertiary/aromatic N) is 5. The summed E-state index contributed by atoms with van der Waals surface area (Å²) in [7, 11) is 0. The van der Waals surface area contributed by atoms with E-state index >= 15 is 0 Å². The van der Waals surface area contributed by atoms with Crippen LogP contribution in [0.4, 0.5) is 5.95 Å². The number of anilines is 1. The van der Waals surface area contributed by atoms with Gasteiger partial charge in [-0.05, 0) is 32.8 Å². The molecule has 3 rings (SSSR count). The topological polar surface area (TPSA) is 52.6 Å². The molecule has 2 saturated heterocycles. The van der Waals surface area contributed by atoms with Crippen molar-refractivity contribution in [3.8, 4) is 0 Å². The minimum Gasteiger partial charge on any atom is -0.342 e. The molecule has 1 amide bonds. The second kappa shape index (κ2) is 7.92.